The largest absolute Gasteiger partial charge is 0.496 e. The Balaban J connectivity index is 1.91. The Hall–Kier alpha value is -3.61. The number of primary amides is 1. The molecule has 0 fully saturated rings. The highest BCUT2D eigenvalue weighted by molar-refractivity contribution is 5.96. The standard InChI is InChI=1S/C20H20N4O3/c1-3-27-18-9-8-13(10-15(18)20(21)25)24-19-11-16(22-12-23-19)14-6-4-5-7-17(14)26-2/h4-12H,3H2,1-2H3,(H2,21,25)(H,22,23,24). The Morgan fingerprint density at radius 1 is 1.11 bits per heavy atom. The lowest BCUT2D eigenvalue weighted by Gasteiger charge is -2.12. The number of hydrogen-bond acceptors (Lipinski definition) is 6. The van der Waals surface area contributed by atoms with Gasteiger partial charge in [0.05, 0.1) is 25.0 Å². The molecule has 0 unspecified atom stereocenters. The van der Waals surface area contributed by atoms with Gasteiger partial charge in [-0.3, -0.25) is 4.79 Å². The van der Waals surface area contributed by atoms with Crippen molar-refractivity contribution >= 4 is 17.4 Å². The van der Waals surface area contributed by atoms with Crippen molar-refractivity contribution in [3.8, 4) is 22.8 Å². The molecule has 0 aliphatic rings. The summed E-state index contributed by atoms with van der Waals surface area (Å²) in [5.74, 6) is 1.19. The van der Waals surface area contributed by atoms with Gasteiger partial charge in [-0.2, -0.15) is 0 Å². The third-order valence-corrected chi connectivity index (χ3v) is 3.87. The third kappa shape index (κ3) is 4.14. The second-order valence-electron chi connectivity index (χ2n) is 5.62. The van der Waals surface area contributed by atoms with Crippen LogP contribution in [0.25, 0.3) is 11.3 Å². The molecule has 1 amide bonds. The summed E-state index contributed by atoms with van der Waals surface area (Å²) in [5.41, 5.74) is 7.99. The number of rotatable bonds is 7. The molecule has 0 radical (unpaired) electrons. The van der Waals surface area contributed by atoms with E-state index in [1.54, 1.807) is 31.4 Å². The minimum Gasteiger partial charge on any atom is -0.496 e. The number of benzene rings is 2. The summed E-state index contributed by atoms with van der Waals surface area (Å²) >= 11 is 0. The van der Waals surface area contributed by atoms with Crippen molar-refractivity contribution in [1.82, 2.24) is 9.97 Å². The first kappa shape index (κ1) is 18.2. The molecule has 0 aliphatic carbocycles. The fraction of sp³-hybridized carbons (Fsp3) is 0.150. The molecule has 0 spiro atoms. The molecule has 0 saturated heterocycles. The number of carbonyl (C=O) groups is 1. The summed E-state index contributed by atoms with van der Waals surface area (Å²) in [6.07, 6.45) is 1.47. The molecule has 3 rings (SSSR count). The average molecular weight is 364 g/mol. The number of anilines is 2. The monoisotopic (exact) mass is 364 g/mol. The maximum absolute atomic E-state index is 11.7. The minimum atomic E-state index is -0.556. The fourth-order valence-electron chi connectivity index (χ4n) is 2.66. The zero-order chi connectivity index (χ0) is 19.2. The van der Waals surface area contributed by atoms with Crippen LogP contribution in [0.4, 0.5) is 11.5 Å². The van der Waals surface area contributed by atoms with Gasteiger partial charge in [-0.1, -0.05) is 12.1 Å². The molecule has 0 atom stereocenters. The van der Waals surface area contributed by atoms with Crippen LogP contribution in [0.5, 0.6) is 11.5 Å². The highest BCUT2D eigenvalue weighted by Gasteiger charge is 2.12. The number of nitrogens with one attached hydrogen (secondary N) is 1. The molecule has 7 heteroatoms. The maximum atomic E-state index is 11.7. The van der Waals surface area contributed by atoms with Gasteiger partial charge in [-0.25, -0.2) is 9.97 Å². The number of aromatic nitrogens is 2. The van der Waals surface area contributed by atoms with Crippen LogP contribution in [0.2, 0.25) is 0 Å². The lowest BCUT2D eigenvalue weighted by molar-refractivity contribution is 0.0996. The molecule has 27 heavy (non-hydrogen) atoms. The Kier molecular flexibility index (Phi) is 5.51. The van der Waals surface area contributed by atoms with Gasteiger partial charge in [0.1, 0.15) is 23.6 Å². The molecule has 0 bridgehead atoms. The van der Waals surface area contributed by atoms with E-state index in [1.807, 2.05) is 31.2 Å². The highest BCUT2D eigenvalue weighted by atomic mass is 16.5. The molecule has 1 aromatic heterocycles. The Bertz CT molecular complexity index is 959. The van der Waals surface area contributed by atoms with Gasteiger partial charge in [0.25, 0.3) is 5.91 Å². The Labute approximate surface area is 157 Å². The number of amides is 1. The van der Waals surface area contributed by atoms with E-state index in [2.05, 4.69) is 15.3 Å². The number of ether oxygens (including phenoxy) is 2. The minimum absolute atomic E-state index is 0.306. The first-order valence-corrected chi connectivity index (χ1v) is 8.41. The van der Waals surface area contributed by atoms with Gasteiger partial charge in [0.15, 0.2) is 0 Å². The number of para-hydroxylation sites is 1. The maximum Gasteiger partial charge on any atom is 0.252 e. The first-order valence-electron chi connectivity index (χ1n) is 8.41. The molecule has 3 aromatic rings. The van der Waals surface area contributed by atoms with Crippen LogP contribution in [0, 0.1) is 0 Å². The lowest BCUT2D eigenvalue weighted by Crippen LogP contribution is -2.13. The van der Waals surface area contributed by atoms with E-state index in [-0.39, 0.29) is 0 Å². The molecule has 2 aromatic carbocycles. The number of methoxy groups -OCH3 is 1. The van der Waals surface area contributed by atoms with Gasteiger partial charge in [-0.15, -0.1) is 0 Å². The van der Waals surface area contributed by atoms with Crippen LogP contribution in [-0.4, -0.2) is 29.6 Å². The quantitative estimate of drug-likeness (QED) is 0.667. The molecular formula is C20H20N4O3. The average Bonchev–Trinajstić information content (AvgIpc) is 2.69. The number of nitrogens with zero attached hydrogens (tertiary/aromatic N) is 2. The summed E-state index contributed by atoms with van der Waals surface area (Å²) in [6, 6.07) is 14.5. The van der Waals surface area contributed by atoms with E-state index < -0.39 is 5.91 Å². The first-order chi connectivity index (χ1) is 13.1. The number of nitrogens with two attached hydrogens (primary N) is 1. The van der Waals surface area contributed by atoms with Gasteiger partial charge in [0.2, 0.25) is 0 Å². The van der Waals surface area contributed by atoms with E-state index in [1.165, 1.54) is 6.33 Å². The van der Waals surface area contributed by atoms with Crippen LogP contribution >= 0.6 is 0 Å². The third-order valence-electron chi connectivity index (χ3n) is 3.87. The summed E-state index contributed by atoms with van der Waals surface area (Å²) in [4.78, 5) is 20.2. The van der Waals surface area contributed by atoms with Crippen LogP contribution in [-0.2, 0) is 0 Å². The predicted octanol–water partition coefficient (Wildman–Crippen LogP) is 3.39. The van der Waals surface area contributed by atoms with E-state index in [4.69, 9.17) is 15.2 Å². The summed E-state index contributed by atoms with van der Waals surface area (Å²) in [5, 5.41) is 3.16. The van der Waals surface area contributed by atoms with Gasteiger partial charge in [0, 0.05) is 17.3 Å². The predicted molar refractivity (Wildman–Crippen MR) is 103 cm³/mol. The van der Waals surface area contributed by atoms with Crippen molar-refractivity contribution in [2.24, 2.45) is 5.73 Å². The van der Waals surface area contributed by atoms with Crippen LogP contribution < -0.4 is 20.5 Å². The molecule has 7 nitrogen and oxygen atoms in total. The van der Waals surface area contributed by atoms with Crippen molar-refractivity contribution in [2.45, 2.75) is 6.92 Å². The second kappa shape index (κ2) is 8.18. The zero-order valence-corrected chi connectivity index (χ0v) is 15.1. The van der Waals surface area contributed by atoms with Crippen LogP contribution in [0.1, 0.15) is 17.3 Å². The number of carbonyl (C=O) groups excluding carboxylic acids is 1. The Morgan fingerprint density at radius 2 is 1.93 bits per heavy atom. The van der Waals surface area contributed by atoms with Crippen LogP contribution in [0.3, 0.4) is 0 Å². The molecule has 0 aliphatic heterocycles. The van der Waals surface area contributed by atoms with Crippen molar-refractivity contribution < 1.29 is 14.3 Å². The Morgan fingerprint density at radius 3 is 2.67 bits per heavy atom. The van der Waals surface area contributed by atoms with E-state index >= 15 is 0 Å². The van der Waals surface area contributed by atoms with E-state index in [0.717, 1.165) is 11.3 Å². The van der Waals surface area contributed by atoms with Crippen molar-refractivity contribution in [3.63, 3.8) is 0 Å². The lowest BCUT2D eigenvalue weighted by atomic mass is 10.1. The molecular weight excluding hydrogens is 344 g/mol. The van der Waals surface area contributed by atoms with E-state index in [9.17, 15) is 4.79 Å². The van der Waals surface area contributed by atoms with Gasteiger partial charge in [-0.05, 0) is 37.3 Å². The number of hydrogen-bond donors (Lipinski definition) is 2. The zero-order valence-electron chi connectivity index (χ0n) is 15.1. The normalized spacial score (nSPS) is 10.3. The van der Waals surface area contributed by atoms with E-state index in [0.29, 0.717) is 35.1 Å². The summed E-state index contributed by atoms with van der Waals surface area (Å²) in [7, 11) is 1.62. The molecule has 1 heterocycles. The van der Waals surface area contributed by atoms with Gasteiger partial charge < -0.3 is 20.5 Å². The highest BCUT2D eigenvalue weighted by Crippen LogP contribution is 2.30. The van der Waals surface area contributed by atoms with Crippen LogP contribution in [0.15, 0.2) is 54.9 Å². The SMILES string of the molecule is CCOc1ccc(Nc2cc(-c3ccccc3OC)ncn2)cc1C(N)=O. The topological polar surface area (TPSA) is 99.4 Å². The molecule has 138 valence electrons. The molecule has 3 N–H and O–H groups in total. The van der Waals surface area contributed by atoms with Crippen molar-refractivity contribution in [3.05, 3.63) is 60.4 Å². The van der Waals surface area contributed by atoms with Crippen molar-refractivity contribution in [1.29, 1.82) is 0 Å². The smallest absolute Gasteiger partial charge is 0.252 e. The summed E-state index contributed by atoms with van der Waals surface area (Å²) < 4.78 is 10.8. The van der Waals surface area contributed by atoms with Crippen molar-refractivity contribution in [2.75, 3.05) is 19.0 Å². The summed E-state index contributed by atoms with van der Waals surface area (Å²) in [6.45, 7) is 2.29. The fourth-order valence-corrected chi connectivity index (χ4v) is 2.66. The second-order valence-corrected chi connectivity index (χ2v) is 5.62. The van der Waals surface area contributed by atoms with Gasteiger partial charge >= 0.3 is 0 Å². The molecule has 0 saturated carbocycles.